The molecule has 2 rings (SSSR count). The highest BCUT2D eigenvalue weighted by Gasteiger charge is 2.35. The van der Waals surface area contributed by atoms with E-state index in [4.69, 9.17) is 0 Å². The highest BCUT2D eigenvalue weighted by atomic mass is 19.1. The number of rotatable bonds is 2. The van der Waals surface area contributed by atoms with E-state index in [2.05, 4.69) is 16.3 Å². The third-order valence-electron chi connectivity index (χ3n) is 3.53. The number of hydrogen-bond acceptors (Lipinski definition) is 3. The van der Waals surface area contributed by atoms with Crippen LogP contribution in [0.2, 0.25) is 0 Å². The summed E-state index contributed by atoms with van der Waals surface area (Å²) in [5.74, 6) is -2.26. The van der Waals surface area contributed by atoms with Crippen molar-refractivity contribution in [2.45, 2.75) is 18.4 Å². The number of nitrogens with one attached hydrogen (secondary N) is 1. The number of hydrogen-bond donors (Lipinski definition) is 1. The van der Waals surface area contributed by atoms with Crippen LogP contribution in [0.3, 0.4) is 0 Å². The molecule has 1 amide bonds. The molecule has 0 saturated carbocycles. The molecule has 0 radical (unpaired) electrons. The first-order valence-corrected chi connectivity index (χ1v) is 6.32. The van der Waals surface area contributed by atoms with Gasteiger partial charge < -0.3 is 10.2 Å². The van der Waals surface area contributed by atoms with Crippen molar-refractivity contribution in [3.63, 3.8) is 0 Å². The molecule has 6 heteroatoms. The highest BCUT2D eigenvalue weighted by Crippen LogP contribution is 2.21. The third kappa shape index (κ3) is 3.11. The van der Waals surface area contributed by atoms with Gasteiger partial charge in [-0.3, -0.25) is 4.79 Å². The molecule has 1 heterocycles. The molecule has 106 valence electrons. The predicted octanol–water partition coefficient (Wildman–Crippen LogP) is 1.68. The lowest BCUT2D eigenvalue weighted by molar-refractivity contribution is 0.0881. The maximum atomic E-state index is 13.1. The molecule has 4 nitrogen and oxygen atoms in total. The van der Waals surface area contributed by atoms with E-state index in [9.17, 15) is 18.8 Å². The van der Waals surface area contributed by atoms with Gasteiger partial charge in [-0.15, -0.1) is 0 Å². The molecule has 1 aliphatic heterocycles. The molecule has 0 spiro atoms. The van der Waals surface area contributed by atoms with Crippen LogP contribution in [-0.2, 0) is 0 Å². The Bertz CT molecular complexity index is 540. The van der Waals surface area contributed by atoms with Gasteiger partial charge in [0.05, 0.1) is 6.07 Å². The maximum absolute atomic E-state index is 13.1. The molecule has 0 unspecified atom stereocenters. The van der Waals surface area contributed by atoms with Gasteiger partial charge in [-0.05, 0) is 32.0 Å². The average molecular weight is 279 g/mol. The van der Waals surface area contributed by atoms with Crippen LogP contribution in [0.5, 0.6) is 0 Å². The first kappa shape index (κ1) is 14.4. The van der Waals surface area contributed by atoms with Gasteiger partial charge in [0.1, 0.15) is 17.2 Å². The summed E-state index contributed by atoms with van der Waals surface area (Å²) in [4.78, 5) is 14.1. The van der Waals surface area contributed by atoms with Gasteiger partial charge in [0.15, 0.2) is 0 Å². The first-order chi connectivity index (χ1) is 9.44. The minimum Gasteiger partial charge on any atom is -0.334 e. The van der Waals surface area contributed by atoms with Crippen molar-refractivity contribution in [2.75, 3.05) is 20.1 Å². The quantitative estimate of drug-likeness (QED) is 0.896. The summed E-state index contributed by atoms with van der Waals surface area (Å²) >= 11 is 0. The Morgan fingerprint density at radius 1 is 1.30 bits per heavy atom. The lowest BCUT2D eigenvalue weighted by atomic mass is 9.89. The normalized spacial score (nSPS) is 18.3. The lowest BCUT2D eigenvalue weighted by Crippen LogP contribution is -2.53. The number of carbonyl (C=O) groups is 1. The Morgan fingerprint density at radius 2 is 1.85 bits per heavy atom. The minimum absolute atomic E-state index is 0.115. The zero-order chi connectivity index (χ0) is 14.8. The number of carbonyl (C=O) groups excluding carboxylic acids is 1. The molecule has 0 atom stereocenters. The van der Waals surface area contributed by atoms with E-state index in [0.717, 1.165) is 12.1 Å². The van der Waals surface area contributed by atoms with Gasteiger partial charge >= 0.3 is 0 Å². The Balaban J connectivity index is 2.16. The number of nitrogens with zero attached hydrogens (tertiary/aromatic N) is 2. The molecule has 1 aliphatic rings. The van der Waals surface area contributed by atoms with E-state index >= 15 is 0 Å². The Kier molecular flexibility index (Phi) is 4.00. The van der Waals surface area contributed by atoms with Gasteiger partial charge in [-0.2, -0.15) is 5.26 Å². The molecule has 0 aromatic heterocycles. The summed E-state index contributed by atoms with van der Waals surface area (Å²) in [6.07, 6.45) is 0.979. The Morgan fingerprint density at radius 3 is 2.35 bits per heavy atom. The smallest absolute Gasteiger partial charge is 0.252 e. The fourth-order valence-electron chi connectivity index (χ4n) is 2.24. The Hall–Kier alpha value is -2.00. The Labute approximate surface area is 116 Å². The van der Waals surface area contributed by atoms with Crippen molar-refractivity contribution >= 4 is 5.91 Å². The molecule has 1 N–H and O–H groups in total. The predicted molar refractivity (Wildman–Crippen MR) is 68.9 cm³/mol. The number of nitriles is 1. The van der Waals surface area contributed by atoms with Crippen molar-refractivity contribution in [2.24, 2.45) is 0 Å². The van der Waals surface area contributed by atoms with E-state index in [1.807, 2.05) is 7.05 Å². The SMILES string of the molecule is CN1CCC(C#N)(NC(=O)c2cc(F)cc(F)c2)CC1. The fraction of sp³-hybridized carbons (Fsp3) is 0.429. The summed E-state index contributed by atoms with van der Waals surface area (Å²) in [6, 6.07) is 4.74. The molecular formula is C14H15F2N3O. The van der Waals surface area contributed by atoms with Crippen LogP contribution in [0.1, 0.15) is 23.2 Å². The number of likely N-dealkylation sites (tertiary alicyclic amines) is 1. The summed E-state index contributed by atoms with van der Waals surface area (Å²) < 4.78 is 26.2. The summed E-state index contributed by atoms with van der Waals surface area (Å²) in [6.45, 7) is 1.37. The average Bonchev–Trinajstić information content (AvgIpc) is 2.40. The molecule has 1 aromatic rings. The standard InChI is InChI=1S/C14H15F2N3O/c1-19-4-2-14(9-17,3-5-19)18-13(20)10-6-11(15)8-12(16)7-10/h6-8H,2-5H2,1H3,(H,18,20). The second kappa shape index (κ2) is 5.55. The summed E-state index contributed by atoms with van der Waals surface area (Å²) in [5.41, 5.74) is -1.08. The third-order valence-corrected chi connectivity index (χ3v) is 3.53. The van der Waals surface area contributed by atoms with E-state index in [0.29, 0.717) is 32.0 Å². The van der Waals surface area contributed by atoms with Crippen molar-refractivity contribution in [3.8, 4) is 6.07 Å². The van der Waals surface area contributed by atoms with E-state index < -0.39 is 23.1 Å². The second-order valence-corrected chi connectivity index (χ2v) is 5.11. The largest absolute Gasteiger partial charge is 0.334 e. The fourth-order valence-corrected chi connectivity index (χ4v) is 2.24. The van der Waals surface area contributed by atoms with Crippen LogP contribution in [0.4, 0.5) is 8.78 Å². The molecule has 1 fully saturated rings. The van der Waals surface area contributed by atoms with Gasteiger partial charge in [0, 0.05) is 24.7 Å². The van der Waals surface area contributed by atoms with Crippen molar-refractivity contribution < 1.29 is 13.6 Å². The second-order valence-electron chi connectivity index (χ2n) is 5.11. The van der Waals surface area contributed by atoms with Gasteiger partial charge in [0.25, 0.3) is 5.91 Å². The lowest BCUT2D eigenvalue weighted by Gasteiger charge is -2.36. The first-order valence-electron chi connectivity index (χ1n) is 6.32. The molecule has 0 aliphatic carbocycles. The molecule has 1 saturated heterocycles. The molecule has 1 aromatic carbocycles. The summed E-state index contributed by atoms with van der Waals surface area (Å²) in [7, 11) is 1.94. The van der Waals surface area contributed by atoms with Crippen LogP contribution in [0.25, 0.3) is 0 Å². The topological polar surface area (TPSA) is 56.1 Å². The van der Waals surface area contributed by atoms with Crippen LogP contribution in [-0.4, -0.2) is 36.5 Å². The summed E-state index contributed by atoms with van der Waals surface area (Å²) in [5, 5.41) is 11.9. The molecular weight excluding hydrogens is 264 g/mol. The van der Waals surface area contributed by atoms with Crippen LogP contribution in [0, 0.1) is 23.0 Å². The van der Waals surface area contributed by atoms with Crippen molar-refractivity contribution in [1.29, 1.82) is 5.26 Å². The zero-order valence-corrected chi connectivity index (χ0v) is 11.1. The molecule has 20 heavy (non-hydrogen) atoms. The van der Waals surface area contributed by atoms with Gasteiger partial charge in [-0.25, -0.2) is 8.78 Å². The van der Waals surface area contributed by atoms with Gasteiger partial charge in [0.2, 0.25) is 0 Å². The van der Waals surface area contributed by atoms with E-state index in [1.165, 1.54) is 0 Å². The van der Waals surface area contributed by atoms with E-state index in [1.54, 1.807) is 0 Å². The highest BCUT2D eigenvalue weighted by molar-refractivity contribution is 5.95. The van der Waals surface area contributed by atoms with Gasteiger partial charge in [-0.1, -0.05) is 0 Å². The number of halogens is 2. The number of piperidine rings is 1. The zero-order valence-electron chi connectivity index (χ0n) is 11.1. The molecule has 0 bridgehead atoms. The van der Waals surface area contributed by atoms with Crippen molar-refractivity contribution in [3.05, 3.63) is 35.4 Å². The number of amides is 1. The maximum Gasteiger partial charge on any atom is 0.252 e. The van der Waals surface area contributed by atoms with Crippen LogP contribution < -0.4 is 5.32 Å². The number of benzene rings is 1. The van der Waals surface area contributed by atoms with Crippen LogP contribution in [0.15, 0.2) is 18.2 Å². The minimum atomic E-state index is -0.966. The van der Waals surface area contributed by atoms with Crippen LogP contribution >= 0.6 is 0 Å². The monoisotopic (exact) mass is 279 g/mol. The van der Waals surface area contributed by atoms with Crippen molar-refractivity contribution in [1.82, 2.24) is 10.2 Å². The van der Waals surface area contributed by atoms with E-state index in [-0.39, 0.29) is 5.56 Å².